The van der Waals surface area contributed by atoms with Crippen LogP contribution in [-0.4, -0.2) is 27.2 Å². The van der Waals surface area contributed by atoms with Gasteiger partial charge in [0.05, 0.1) is 16.6 Å². The third kappa shape index (κ3) is 6.14. The number of imidazole rings is 1. The quantitative estimate of drug-likeness (QED) is 0.191. The van der Waals surface area contributed by atoms with Gasteiger partial charge in [0.2, 0.25) is 0 Å². The van der Waals surface area contributed by atoms with Crippen LogP contribution in [0.2, 0.25) is 0 Å². The molecule has 36 heavy (non-hydrogen) atoms. The van der Waals surface area contributed by atoms with E-state index in [9.17, 15) is 9.90 Å². The van der Waals surface area contributed by atoms with Gasteiger partial charge in [0.15, 0.2) is 0 Å². The van der Waals surface area contributed by atoms with E-state index in [0.717, 1.165) is 66.0 Å². The van der Waals surface area contributed by atoms with Gasteiger partial charge in [-0.2, -0.15) is 0 Å². The molecule has 0 atom stereocenters. The Kier molecular flexibility index (Phi) is 8.77. The van der Waals surface area contributed by atoms with Crippen molar-refractivity contribution < 1.29 is 9.90 Å². The molecule has 0 spiro atoms. The number of benzene rings is 3. The Hall–Kier alpha value is -3.60. The largest absolute Gasteiger partial charge is 0.478 e. The molecule has 0 radical (unpaired) electrons. The topological polar surface area (TPSA) is 67.2 Å². The van der Waals surface area contributed by atoms with Crippen LogP contribution in [0, 0.1) is 0 Å². The summed E-state index contributed by atoms with van der Waals surface area (Å²) in [6.45, 7) is 6.17. The van der Waals surface area contributed by atoms with Crippen molar-refractivity contribution in [1.29, 1.82) is 0 Å². The summed E-state index contributed by atoms with van der Waals surface area (Å²) in [4.78, 5) is 16.6. The molecule has 0 unspecified atom stereocenters. The van der Waals surface area contributed by atoms with E-state index in [-0.39, 0.29) is 0 Å². The van der Waals surface area contributed by atoms with Gasteiger partial charge in [0.25, 0.3) is 0 Å². The lowest BCUT2D eigenvalue weighted by atomic mass is 9.99. The third-order valence-corrected chi connectivity index (χ3v) is 6.70. The number of fused-ring (bicyclic) bond motifs is 1. The van der Waals surface area contributed by atoms with E-state index in [1.165, 1.54) is 31.2 Å². The molecule has 5 nitrogen and oxygen atoms in total. The minimum absolute atomic E-state index is 0.322. The van der Waals surface area contributed by atoms with Gasteiger partial charge in [-0.3, -0.25) is 0 Å². The van der Waals surface area contributed by atoms with Crippen molar-refractivity contribution in [2.75, 3.05) is 11.9 Å². The third-order valence-electron chi connectivity index (χ3n) is 6.70. The molecule has 5 heteroatoms. The molecule has 4 rings (SSSR count). The molecule has 1 aromatic heterocycles. The Morgan fingerprint density at radius 3 is 2.44 bits per heavy atom. The summed E-state index contributed by atoms with van der Waals surface area (Å²) >= 11 is 0. The lowest BCUT2D eigenvalue weighted by Gasteiger charge is -2.12. The van der Waals surface area contributed by atoms with Gasteiger partial charge < -0.3 is 15.0 Å². The second kappa shape index (κ2) is 12.4. The fourth-order valence-electron chi connectivity index (χ4n) is 4.66. The maximum Gasteiger partial charge on any atom is 0.336 e. The lowest BCUT2D eigenvalue weighted by Crippen LogP contribution is -2.06. The SMILES string of the molecule is CCCCCCNc1ccc2nc(CCCC)n(Cc3ccc(-c4ccccc4C(=O)O)cc3)c2c1. The predicted molar refractivity (Wildman–Crippen MR) is 149 cm³/mol. The second-order valence-electron chi connectivity index (χ2n) is 9.46. The molecule has 0 amide bonds. The number of carboxylic acids is 1. The number of anilines is 1. The summed E-state index contributed by atoms with van der Waals surface area (Å²) in [5.41, 5.74) is 6.47. The summed E-state index contributed by atoms with van der Waals surface area (Å²) < 4.78 is 2.34. The van der Waals surface area contributed by atoms with Crippen LogP contribution in [0.1, 0.15) is 74.1 Å². The molecule has 3 aromatic carbocycles. The number of aromatic carboxylic acids is 1. The number of carbonyl (C=O) groups is 1. The van der Waals surface area contributed by atoms with E-state index in [0.29, 0.717) is 5.56 Å². The predicted octanol–water partition coefficient (Wildman–Crippen LogP) is 7.78. The van der Waals surface area contributed by atoms with Crippen LogP contribution in [0.15, 0.2) is 66.7 Å². The fourth-order valence-corrected chi connectivity index (χ4v) is 4.66. The first kappa shape index (κ1) is 25.5. The van der Waals surface area contributed by atoms with Gasteiger partial charge >= 0.3 is 5.97 Å². The maximum absolute atomic E-state index is 11.6. The first-order valence-corrected chi connectivity index (χ1v) is 13.3. The van der Waals surface area contributed by atoms with Gasteiger partial charge in [0.1, 0.15) is 5.82 Å². The van der Waals surface area contributed by atoms with E-state index in [1.807, 2.05) is 24.3 Å². The highest BCUT2D eigenvalue weighted by Gasteiger charge is 2.14. The van der Waals surface area contributed by atoms with Gasteiger partial charge in [-0.15, -0.1) is 0 Å². The van der Waals surface area contributed by atoms with Crippen molar-refractivity contribution in [2.24, 2.45) is 0 Å². The number of rotatable bonds is 13. The number of carboxylic acid groups (broad SMARTS) is 1. The molecule has 0 bridgehead atoms. The Morgan fingerprint density at radius 2 is 1.69 bits per heavy atom. The summed E-state index contributed by atoms with van der Waals surface area (Å²) in [6, 6.07) is 21.9. The first-order chi connectivity index (χ1) is 17.6. The van der Waals surface area contributed by atoms with E-state index in [1.54, 1.807) is 12.1 Å². The zero-order chi connectivity index (χ0) is 25.3. The molecule has 0 saturated carbocycles. The second-order valence-corrected chi connectivity index (χ2v) is 9.46. The van der Waals surface area contributed by atoms with Crippen molar-refractivity contribution in [2.45, 2.75) is 65.3 Å². The summed E-state index contributed by atoms with van der Waals surface area (Å²) in [5, 5.41) is 13.1. The summed E-state index contributed by atoms with van der Waals surface area (Å²) in [6.07, 6.45) is 8.17. The highest BCUT2D eigenvalue weighted by Crippen LogP contribution is 2.26. The smallest absolute Gasteiger partial charge is 0.336 e. The van der Waals surface area contributed by atoms with E-state index >= 15 is 0 Å². The van der Waals surface area contributed by atoms with Crippen molar-refractivity contribution in [3.63, 3.8) is 0 Å². The number of aryl methyl sites for hydroxylation is 1. The Balaban J connectivity index is 1.59. The van der Waals surface area contributed by atoms with Crippen LogP contribution in [-0.2, 0) is 13.0 Å². The molecule has 0 aliphatic heterocycles. The number of aromatic nitrogens is 2. The molecular weight excluding hydrogens is 446 g/mol. The molecule has 188 valence electrons. The average Bonchev–Trinajstić information content (AvgIpc) is 3.24. The Labute approximate surface area is 214 Å². The van der Waals surface area contributed by atoms with Crippen molar-refractivity contribution in [1.82, 2.24) is 9.55 Å². The summed E-state index contributed by atoms with van der Waals surface area (Å²) in [5.74, 6) is 0.210. The van der Waals surface area contributed by atoms with Gasteiger partial charge in [-0.05, 0) is 53.8 Å². The van der Waals surface area contributed by atoms with Crippen LogP contribution in [0.5, 0.6) is 0 Å². The molecule has 0 aliphatic rings. The summed E-state index contributed by atoms with van der Waals surface area (Å²) in [7, 11) is 0. The van der Waals surface area contributed by atoms with Crippen molar-refractivity contribution in [3.05, 3.63) is 83.7 Å². The highest BCUT2D eigenvalue weighted by atomic mass is 16.4. The first-order valence-electron chi connectivity index (χ1n) is 13.3. The molecule has 0 aliphatic carbocycles. The number of nitrogens with zero attached hydrogens (tertiary/aromatic N) is 2. The van der Waals surface area contributed by atoms with Crippen LogP contribution in [0.4, 0.5) is 5.69 Å². The Morgan fingerprint density at radius 1 is 0.917 bits per heavy atom. The molecule has 4 aromatic rings. The molecule has 0 fully saturated rings. The zero-order valence-electron chi connectivity index (χ0n) is 21.5. The minimum atomic E-state index is -0.907. The average molecular weight is 484 g/mol. The molecule has 0 saturated heterocycles. The number of unbranched alkanes of at least 4 members (excludes halogenated alkanes) is 4. The van der Waals surface area contributed by atoms with E-state index in [2.05, 4.69) is 54.1 Å². The fraction of sp³-hybridized carbons (Fsp3) is 0.355. The van der Waals surface area contributed by atoms with Crippen molar-refractivity contribution in [3.8, 4) is 11.1 Å². The van der Waals surface area contributed by atoms with E-state index < -0.39 is 5.97 Å². The number of hydrogen-bond acceptors (Lipinski definition) is 3. The van der Waals surface area contributed by atoms with E-state index in [4.69, 9.17) is 4.98 Å². The van der Waals surface area contributed by atoms with Gasteiger partial charge in [0, 0.05) is 25.2 Å². The van der Waals surface area contributed by atoms with Gasteiger partial charge in [-0.1, -0.05) is 82.0 Å². The lowest BCUT2D eigenvalue weighted by molar-refractivity contribution is 0.0697. The molecule has 1 heterocycles. The van der Waals surface area contributed by atoms with Crippen LogP contribution in [0.3, 0.4) is 0 Å². The van der Waals surface area contributed by atoms with Crippen molar-refractivity contribution >= 4 is 22.7 Å². The minimum Gasteiger partial charge on any atom is -0.478 e. The Bertz CT molecular complexity index is 1290. The maximum atomic E-state index is 11.6. The van der Waals surface area contributed by atoms with Crippen LogP contribution >= 0.6 is 0 Å². The van der Waals surface area contributed by atoms with Crippen LogP contribution in [0.25, 0.3) is 22.2 Å². The highest BCUT2D eigenvalue weighted by molar-refractivity contribution is 5.96. The zero-order valence-corrected chi connectivity index (χ0v) is 21.5. The standard InChI is InChI=1S/C31H37N3O2/c1-3-5-7-10-20-32-25-18-19-28-29(21-25)34(30(33-28)13-6-4-2)22-23-14-16-24(17-15-23)26-11-8-9-12-27(26)31(35)36/h8-9,11-12,14-19,21,32H,3-7,10,13,20,22H2,1-2H3,(H,35,36). The molecule has 2 N–H and O–H groups in total. The number of nitrogens with one attached hydrogen (secondary N) is 1. The van der Waals surface area contributed by atoms with Gasteiger partial charge in [-0.25, -0.2) is 9.78 Å². The van der Waals surface area contributed by atoms with Crippen LogP contribution < -0.4 is 5.32 Å². The molecular formula is C31H37N3O2. The monoisotopic (exact) mass is 483 g/mol. The normalized spacial score (nSPS) is 11.2. The number of hydrogen-bond donors (Lipinski definition) is 2.